The van der Waals surface area contributed by atoms with Gasteiger partial charge in [-0.15, -0.1) is 0 Å². The topological polar surface area (TPSA) is 24.7 Å². The maximum Gasteiger partial charge on any atom is 0.0639 e. The number of rotatable bonds is 22. The van der Waals surface area contributed by atoms with Crippen LogP contribution in [0.3, 0.4) is 0 Å². The third-order valence-electron chi connectivity index (χ3n) is 8.96. The van der Waals surface area contributed by atoms with Gasteiger partial charge in [0, 0.05) is 16.5 Å². The standard InChI is InChI=1S/C43H62N2.CH3.Ni/c1-6-10-13-15-17-20-25-37-31-36(24-12-8-3)32-41(33-37)45-43(9-4)35(5)44-40-29-30-42(38-26-22-19-23-27-38)39(34-40)28-21-18-16-14-11-7-2;;/h19,22-23,26-27,29-34H,6-18,20-21,24-25,28H2,1-5H3;1H3;/q;-1;. The third kappa shape index (κ3) is 16.0. The molecule has 0 aliphatic carbocycles. The summed E-state index contributed by atoms with van der Waals surface area (Å²) in [6.07, 6.45) is 22.6. The van der Waals surface area contributed by atoms with Crippen LogP contribution in [0.4, 0.5) is 11.4 Å². The molecule has 0 unspecified atom stereocenters. The van der Waals surface area contributed by atoms with E-state index in [-0.39, 0.29) is 23.9 Å². The van der Waals surface area contributed by atoms with E-state index in [4.69, 9.17) is 9.98 Å². The molecule has 0 aliphatic heterocycles. The van der Waals surface area contributed by atoms with Gasteiger partial charge in [0.15, 0.2) is 0 Å². The SMILES string of the molecule is CCCCCCCCc1cc(CCCC)cc(N=C(CC)C(C)=Nc2ccc(-c3ccccc3)c(CCCCCCCC)c2)c1.[CH3-].[Ni]. The van der Waals surface area contributed by atoms with Crippen LogP contribution in [0.1, 0.15) is 148 Å². The van der Waals surface area contributed by atoms with Crippen molar-refractivity contribution < 1.29 is 16.5 Å². The predicted molar refractivity (Wildman–Crippen MR) is 208 cm³/mol. The van der Waals surface area contributed by atoms with Crippen LogP contribution in [0, 0.1) is 7.43 Å². The summed E-state index contributed by atoms with van der Waals surface area (Å²) >= 11 is 0. The van der Waals surface area contributed by atoms with Gasteiger partial charge in [-0.3, -0.25) is 9.98 Å². The molecule has 0 radical (unpaired) electrons. The van der Waals surface area contributed by atoms with E-state index in [9.17, 15) is 0 Å². The first-order valence-electron chi connectivity index (χ1n) is 18.5. The first-order valence-corrected chi connectivity index (χ1v) is 18.5. The minimum Gasteiger partial charge on any atom is -0.358 e. The molecule has 2 nitrogen and oxygen atoms in total. The van der Waals surface area contributed by atoms with Crippen molar-refractivity contribution in [3.05, 3.63) is 90.8 Å². The van der Waals surface area contributed by atoms with Crippen LogP contribution in [0.2, 0.25) is 0 Å². The Balaban J connectivity index is 0.00000552. The average Bonchev–Trinajstić information content (AvgIpc) is 3.06. The van der Waals surface area contributed by atoms with E-state index in [1.54, 1.807) is 0 Å². The summed E-state index contributed by atoms with van der Waals surface area (Å²) < 4.78 is 0. The van der Waals surface area contributed by atoms with Gasteiger partial charge in [-0.05, 0) is 104 Å². The molecular formula is C44H65N2Ni-. The van der Waals surface area contributed by atoms with Crippen LogP contribution >= 0.6 is 0 Å². The largest absolute Gasteiger partial charge is 0.358 e. The van der Waals surface area contributed by atoms with Crippen molar-refractivity contribution >= 4 is 22.8 Å². The van der Waals surface area contributed by atoms with Crippen molar-refractivity contribution in [2.24, 2.45) is 9.98 Å². The summed E-state index contributed by atoms with van der Waals surface area (Å²) in [5.74, 6) is 0. The molecule has 0 heterocycles. The van der Waals surface area contributed by atoms with Crippen molar-refractivity contribution in [1.29, 1.82) is 0 Å². The summed E-state index contributed by atoms with van der Waals surface area (Å²) in [7, 11) is 0. The molecule has 0 spiro atoms. The second-order valence-corrected chi connectivity index (χ2v) is 13.0. The number of hydrogen-bond acceptors (Lipinski definition) is 2. The smallest absolute Gasteiger partial charge is 0.0639 e. The monoisotopic (exact) mass is 679 g/mol. The van der Waals surface area contributed by atoms with Crippen LogP contribution in [0.15, 0.2) is 76.7 Å². The molecule has 0 fully saturated rings. The van der Waals surface area contributed by atoms with Crippen LogP contribution < -0.4 is 0 Å². The maximum atomic E-state index is 5.23. The van der Waals surface area contributed by atoms with Gasteiger partial charge in [-0.1, -0.05) is 141 Å². The molecule has 0 amide bonds. The summed E-state index contributed by atoms with van der Waals surface area (Å²) in [6.45, 7) is 11.2. The zero-order chi connectivity index (χ0) is 32.1. The molecule has 0 N–H and O–H groups in total. The summed E-state index contributed by atoms with van der Waals surface area (Å²) in [5.41, 5.74) is 11.1. The molecule has 47 heavy (non-hydrogen) atoms. The first-order chi connectivity index (χ1) is 22.1. The number of aryl methyl sites for hydroxylation is 3. The Morgan fingerprint density at radius 2 is 1.09 bits per heavy atom. The van der Waals surface area contributed by atoms with E-state index in [0.717, 1.165) is 48.5 Å². The fourth-order valence-corrected chi connectivity index (χ4v) is 6.27. The first kappa shape index (κ1) is 42.5. The van der Waals surface area contributed by atoms with Crippen molar-refractivity contribution in [1.82, 2.24) is 0 Å². The molecule has 0 aromatic heterocycles. The normalized spacial score (nSPS) is 11.7. The van der Waals surface area contributed by atoms with Gasteiger partial charge in [0.25, 0.3) is 0 Å². The van der Waals surface area contributed by atoms with E-state index in [0.29, 0.717) is 0 Å². The van der Waals surface area contributed by atoms with E-state index < -0.39 is 0 Å². The van der Waals surface area contributed by atoms with Gasteiger partial charge in [0.1, 0.15) is 0 Å². The molecule has 0 saturated carbocycles. The molecule has 3 heteroatoms. The Labute approximate surface area is 300 Å². The van der Waals surface area contributed by atoms with Gasteiger partial charge in [-0.2, -0.15) is 0 Å². The Hall–Kier alpha value is -2.51. The molecule has 262 valence electrons. The average molecular weight is 681 g/mol. The molecule has 0 aliphatic rings. The quantitative estimate of drug-likeness (QED) is 0.0437. The third-order valence-corrected chi connectivity index (χ3v) is 8.96. The maximum absolute atomic E-state index is 5.23. The number of unbranched alkanes of at least 4 members (excludes halogenated alkanes) is 11. The van der Waals surface area contributed by atoms with E-state index in [1.165, 1.54) is 118 Å². The number of hydrogen-bond donors (Lipinski definition) is 0. The zero-order valence-corrected chi connectivity index (χ0v) is 31.8. The van der Waals surface area contributed by atoms with Gasteiger partial charge < -0.3 is 7.43 Å². The Kier molecular flexibility index (Phi) is 23.1. The zero-order valence-electron chi connectivity index (χ0n) is 30.8. The fourth-order valence-electron chi connectivity index (χ4n) is 6.27. The Bertz CT molecular complexity index is 1310. The second-order valence-electron chi connectivity index (χ2n) is 13.0. The predicted octanol–water partition coefficient (Wildman–Crippen LogP) is 14.2. The Morgan fingerprint density at radius 3 is 1.68 bits per heavy atom. The van der Waals surface area contributed by atoms with Crippen LogP contribution in [0.5, 0.6) is 0 Å². The van der Waals surface area contributed by atoms with E-state index in [1.807, 2.05) is 0 Å². The van der Waals surface area contributed by atoms with Crippen molar-refractivity contribution in [2.45, 2.75) is 150 Å². The van der Waals surface area contributed by atoms with E-state index in [2.05, 4.69) is 101 Å². The van der Waals surface area contributed by atoms with Gasteiger partial charge in [0.2, 0.25) is 0 Å². The molecule has 3 aromatic carbocycles. The van der Waals surface area contributed by atoms with Gasteiger partial charge >= 0.3 is 0 Å². The fraction of sp³-hybridized carbons (Fsp3) is 0.523. The van der Waals surface area contributed by atoms with E-state index >= 15 is 0 Å². The molecule has 0 bridgehead atoms. The second kappa shape index (κ2) is 25.5. The molecule has 0 saturated heterocycles. The van der Waals surface area contributed by atoms with Crippen molar-refractivity contribution in [3.63, 3.8) is 0 Å². The Morgan fingerprint density at radius 1 is 0.532 bits per heavy atom. The number of aliphatic imine (C=N–C) groups is 2. The minimum atomic E-state index is 0. The van der Waals surface area contributed by atoms with Crippen LogP contribution in [-0.2, 0) is 35.8 Å². The summed E-state index contributed by atoms with van der Waals surface area (Å²) in [4.78, 5) is 10.4. The molecule has 3 aromatic rings. The number of benzene rings is 3. The van der Waals surface area contributed by atoms with Gasteiger partial charge in [-0.25, -0.2) is 0 Å². The summed E-state index contributed by atoms with van der Waals surface area (Å²) in [5, 5.41) is 0. The van der Waals surface area contributed by atoms with Crippen molar-refractivity contribution in [3.8, 4) is 11.1 Å². The van der Waals surface area contributed by atoms with Gasteiger partial charge in [0.05, 0.1) is 22.8 Å². The molecule has 0 atom stereocenters. The summed E-state index contributed by atoms with van der Waals surface area (Å²) in [6, 6.07) is 24.7. The van der Waals surface area contributed by atoms with Crippen LogP contribution in [-0.4, -0.2) is 11.4 Å². The molecular weight excluding hydrogens is 615 g/mol. The van der Waals surface area contributed by atoms with Crippen LogP contribution in [0.25, 0.3) is 11.1 Å². The van der Waals surface area contributed by atoms with Crippen molar-refractivity contribution in [2.75, 3.05) is 0 Å². The minimum absolute atomic E-state index is 0. The number of nitrogens with zero attached hydrogens (tertiary/aromatic N) is 2. The molecule has 3 rings (SSSR count).